The Morgan fingerprint density at radius 1 is 1.26 bits per heavy atom. The van der Waals surface area contributed by atoms with E-state index in [9.17, 15) is 9.59 Å². The van der Waals surface area contributed by atoms with E-state index >= 15 is 0 Å². The predicted octanol–water partition coefficient (Wildman–Crippen LogP) is -0.209. The molecule has 1 amide bonds. The molecule has 0 aliphatic carbocycles. The largest absolute Gasteiger partial charge is 0.350 e. The van der Waals surface area contributed by atoms with Crippen LogP contribution in [0.5, 0.6) is 0 Å². The van der Waals surface area contributed by atoms with Crippen LogP contribution in [0.2, 0.25) is 0 Å². The molecular weight excluding hydrogens is 246 g/mol. The molecular formula is C12H13N5O2. The molecule has 0 bridgehead atoms. The average molecular weight is 259 g/mol. The third kappa shape index (κ3) is 1.92. The van der Waals surface area contributed by atoms with Gasteiger partial charge in [-0.05, 0) is 12.1 Å². The molecule has 98 valence electrons. The number of fused-ring (bicyclic) bond motifs is 1. The Labute approximate surface area is 109 Å². The summed E-state index contributed by atoms with van der Waals surface area (Å²) in [5.41, 5.74) is 0.501. The first kappa shape index (κ1) is 11.6. The molecule has 7 heteroatoms. The highest BCUT2D eigenvalue weighted by Crippen LogP contribution is 2.10. The summed E-state index contributed by atoms with van der Waals surface area (Å²) in [6.07, 6.45) is 3.23. The van der Waals surface area contributed by atoms with Gasteiger partial charge in [-0.25, -0.2) is 4.79 Å². The van der Waals surface area contributed by atoms with E-state index in [0.29, 0.717) is 31.1 Å². The monoisotopic (exact) mass is 259 g/mol. The molecule has 0 N–H and O–H groups in total. The van der Waals surface area contributed by atoms with Crippen LogP contribution in [0.1, 0.15) is 12.7 Å². The lowest BCUT2D eigenvalue weighted by molar-refractivity contribution is -0.130. The summed E-state index contributed by atoms with van der Waals surface area (Å²) in [6.45, 7) is 2.93. The molecule has 1 aliphatic heterocycles. The molecule has 19 heavy (non-hydrogen) atoms. The number of hydrogen-bond donors (Lipinski definition) is 0. The number of hydrogen-bond acceptors (Lipinski definition) is 4. The molecule has 2 aromatic heterocycles. The molecule has 7 nitrogen and oxygen atoms in total. The Bertz CT molecular complexity index is 673. The van der Waals surface area contributed by atoms with Crippen molar-refractivity contribution < 1.29 is 4.79 Å². The van der Waals surface area contributed by atoms with Crippen molar-refractivity contribution in [3.05, 3.63) is 40.8 Å². The van der Waals surface area contributed by atoms with Crippen molar-refractivity contribution in [2.45, 2.75) is 20.0 Å². The van der Waals surface area contributed by atoms with Gasteiger partial charge in [-0.3, -0.25) is 14.3 Å². The van der Waals surface area contributed by atoms with Gasteiger partial charge in [-0.2, -0.15) is 4.68 Å². The Morgan fingerprint density at radius 3 is 2.68 bits per heavy atom. The van der Waals surface area contributed by atoms with Gasteiger partial charge < -0.3 is 4.90 Å². The zero-order chi connectivity index (χ0) is 13.4. The highest BCUT2D eigenvalue weighted by Gasteiger charge is 2.23. The van der Waals surface area contributed by atoms with Gasteiger partial charge >= 0.3 is 5.69 Å². The van der Waals surface area contributed by atoms with E-state index in [2.05, 4.69) is 10.1 Å². The summed E-state index contributed by atoms with van der Waals surface area (Å²) < 4.78 is 2.96. The summed E-state index contributed by atoms with van der Waals surface area (Å²) in [7, 11) is 0. The molecule has 1 aliphatic rings. The van der Waals surface area contributed by atoms with Gasteiger partial charge in [0.2, 0.25) is 5.91 Å². The standard InChI is InChI=1S/C12H13N5O2/c1-9(18)15-6-7-16-11(8-15)14-17(12(16)19)10-2-4-13-5-3-10/h2-5H,6-8H2,1H3. The molecule has 3 rings (SSSR count). The highest BCUT2D eigenvalue weighted by atomic mass is 16.2. The fraction of sp³-hybridized carbons (Fsp3) is 0.333. The minimum atomic E-state index is -0.176. The fourth-order valence-electron chi connectivity index (χ4n) is 2.17. The van der Waals surface area contributed by atoms with Gasteiger partial charge in [0.1, 0.15) is 0 Å². The molecule has 2 aromatic rings. The first-order valence-electron chi connectivity index (χ1n) is 6.01. The van der Waals surface area contributed by atoms with Gasteiger partial charge in [-0.1, -0.05) is 0 Å². The van der Waals surface area contributed by atoms with Crippen LogP contribution < -0.4 is 5.69 Å². The molecule has 0 unspecified atom stereocenters. The normalized spacial score (nSPS) is 14.3. The smallest absolute Gasteiger partial charge is 0.334 e. The Kier molecular flexibility index (Phi) is 2.66. The second-order valence-corrected chi connectivity index (χ2v) is 4.41. The van der Waals surface area contributed by atoms with Crippen LogP contribution in [-0.2, 0) is 17.9 Å². The second kappa shape index (κ2) is 4.34. The minimum Gasteiger partial charge on any atom is -0.334 e. The van der Waals surface area contributed by atoms with Crippen LogP contribution in [0.4, 0.5) is 0 Å². The Hall–Kier alpha value is -2.44. The molecule has 0 spiro atoms. The number of carbonyl (C=O) groups is 1. The van der Waals surface area contributed by atoms with Crippen molar-refractivity contribution in [1.82, 2.24) is 24.2 Å². The minimum absolute atomic E-state index is 0.00263. The average Bonchev–Trinajstić information content (AvgIpc) is 2.76. The number of amides is 1. The van der Waals surface area contributed by atoms with Gasteiger partial charge in [0.05, 0.1) is 12.2 Å². The second-order valence-electron chi connectivity index (χ2n) is 4.41. The van der Waals surface area contributed by atoms with E-state index in [4.69, 9.17) is 0 Å². The van der Waals surface area contributed by atoms with Crippen molar-refractivity contribution >= 4 is 5.91 Å². The molecule has 0 radical (unpaired) electrons. The summed E-state index contributed by atoms with van der Waals surface area (Å²) in [4.78, 5) is 29.2. The molecule has 0 saturated heterocycles. The molecule has 3 heterocycles. The van der Waals surface area contributed by atoms with E-state index in [1.807, 2.05) is 0 Å². The maximum Gasteiger partial charge on any atom is 0.350 e. The predicted molar refractivity (Wildman–Crippen MR) is 66.7 cm³/mol. The lowest BCUT2D eigenvalue weighted by Crippen LogP contribution is -2.39. The molecule has 0 saturated carbocycles. The highest BCUT2D eigenvalue weighted by molar-refractivity contribution is 5.73. The van der Waals surface area contributed by atoms with E-state index in [1.165, 1.54) is 11.6 Å². The van der Waals surface area contributed by atoms with Crippen molar-refractivity contribution in [1.29, 1.82) is 0 Å². The molecule has 0 fully saturated rings. The van der Waals surface area contributed by atoms with Crippen LogP contribution in [0.3, 0.4) is 0 Å². The quantitative estimate of drug-likeness (QED) is 0.710. The maximum atomic E-state index is 12.2. The number of rotatable bonds is 1. The summed E-state index contributed by atoms with van der Waals surface area (Å²) in [5.74, 6) is 0.612. The first-order chi connectivity index (χ1) is 9.16. The number of nitrogens with zero attached hydrogens (tertiary/aromatic N) is 5. The van der Waals surface area contributed by atoms with E-state index in [1.54, 1.807) is 34.0 Å². The molecule has 0 atom stereocenters. The number of aromatic nitrogens is 4. The van der Waals surface area contributed by atoms with Gasteiger partial charge in [0, 0.05) is 32.4 Å². The zero-order valence-corrected chi connectivity index (χ0v) is 10.5. The molecule has 0 aromatic carbocycles. The SMILES string of the molecule is CC(=O)N1CCn2c(nn(-c3ccncc3)c2=O)C1. The number of pyridine rings is 1. The third-order valence-electron chi connectivity index (χ3n) is 3.22. The van der Waals surface area contributed by atoms with Gasteiger partial charge in [0.25, 0.3) is 0 Å². The summed E-state index contributed by atoms with van der Waals surface area (Å²) in [5, 5.41) is 4.30. The third-order valence-corrected chi connectivity index (χ3v) is 3.22. The maximum absolute atomic E-state index is 12.2. The topological polar surface area (TPSA) is 73.0 Å². The van der Waals surface area contributed by atoms with Gasteiger partial charge in [-0.15, -0.1) is 5.10 Å². The van der Waals surface area contributed by atoms with Crippen molar-refractivity contribution in [3.63, 3.8) is 0 Å². The van der Waals surface area contributed by atoms with Crippen LogP contribution in [0, 0.1) is 0 Å². The Morgan fingerprint density at radius 2 is 2.00 bits per heavy atom. The van der Waals surface area contributed by atoms with Crippen LogP contribution in [0.15, 0.2) is 29.3 Å². The van der Waals surface area contributed by atoms with E-state index in [0.717, 1.165) is 0 Å². The zero-order valence-electron chi connectivity index (χ0n) is 10.5. The lowest BCUT2D eigenvalue weighted by atomic mass is 10.3. The summed E-state index contributed by atoms with van der Waals surface area (Å²) >= 11 is 0. The van der Waals surface area contributed by atoms with E-state index < -0.39 is 0 Å². The van der Waals surface area contributed by atoms with E-state index in [-0.39, 0.29) is 11.6 Å². The van der Waals surface area contributed by atoms with Gasteiger partial charge in [0.15, 0.2) is 5.82 Å². The summed E-state index contributed by atoms with van der Waals surface area (Å²) in [6, 6.07) is 3.45. The van der Waals surface area contributed by atoms with Crippen LogP contribution >= 0.6 is 0 Å². The first-order valence-corrected chi connectivity index (χ1v) is 6.01. The Balaban J connectivity index is 2.03. The van der Waals surface area contributed by atoms with Crippen molar-refractivity contribution in [3.8, 4) is 5.69 Å². The fourth-order valence-corrected chi connectivity index (χ4v) is 2.17. The van der Waals surface area contributed by atoms with Crippen LogP contribution in [0.25, 0.3) is 5.69 Å². The van der Waals surface area contributed by atoms with Crippen LogP contribution in [-0.4, -0.2) is 36.7 Å². The lowest BCUT2D eigenvalue weighted by Gasteiger charge is -2.25. The van der Waals surface area contributed by atoms with Crippen molar-refractivity contribution in [2.75, 3.05) is 6.54 Å². The number of carbonyl (C=O) groups excluding carboxylic acids is 1. The van der Waals surface area contributed by atoms with Crippen molar-refractivity contribution in [2.24, 2.45) is 0 Å².